The second-order valence-electron chi connectivity index (χ2n) is 8.15. The number of rotatable bonds is 4. The lowest BCUT2D eigenvalue weighted by molar-refractivity contribution is -0.117. The number of imide groups is 1. The Morgan fingerprint density at radius 1 is 1.12 bits per heavy atom. The van der Waals surface area contributed by atoms with Gasteiger partial charge in [-0.15, -0.1) is 11.3 Å². The standard InChI is InChI=1S/C25H20ClNO5S/c26-18-10-9-16(32-20-8-4-2-6-14-5-1-3-7-17(14)20)12-19(18)27-21(28)11-15-13-33-23(25(30)31)22(15)24(27)29/h1,3,5,7,9-10,12-13,20H,2,4,6,8,11H2,(H,30,31). The van der Waals surface area contributed by atoms with Crippen molar-refractivity contribution in [2.45, 2.75) is 38.2 Å². The summed E-state index contributed by atoms with van der Waals surface area (Å²) in [4.78, 5) is 38.6. The zero-order valence-corrected chi connectivity index (χ0v) is 19.1. The summed E-state index contributed by atoms with van der Waals surface area (Å²) in [5.74, 6) is -1.84. The van der Waals surface area contributed by atoms with E-state index in [0.29, 0.717) is 11.3 Å². The number of carbonyl (C=O) groups excluding carboxylic acids is 2. The quantitative estimate of drug-likeness (QED) is 0.383. The Labute approximate surface area is 199 Å². The first-order chi connectivity index (χ1) is 15.9. The number of anilines is 1. The molecule has 1 unspecified atom stereocenters. The van der Waals surface area contributed by atoms with Gasteiger partial charge in [-0.1, -0.05) is 35.9 Å². The molecule has 0 fully saturated rings. The molecule has 2 aliphatic rings. The third kappa shape index (κ3) is 3.92. The van der Waals surface area contributed by atoms with Crippen molar-refractivity contribution in [1.82, 2.24) is 0 Å². The number of hydrogen-bond donors (Lipinski definition) is 1. The second-order valence-corrected chi connectivity index (χ2v) is 9.43. The first-order valence-electron chi connectivity index (χ1n) is 10.7. The molecule has 0 radical (unpaired) electrons. The van der Waals surface area contributed by atoms with Crippen molar-refractivity contribution in [3.8, 4) is 5.75 Å². The number of carbonyl (C=O) groups is 3. The van der Waals surface area contributed by atoms with Crippen LogP contribution < -0.4 is 9.64 Å². The van der Waals surface area contributed by atoms with Gasteiger partial charge in [0.25, 0.3) is 5.91 Å². The zero-order chi connectivity index (χ0) is 23.1. The van der Waals surface area contributed by atoms with Crippen LogP contribution in [0.2, 0.25) is 5.02 Å². The Bertz CT molecular complexity index is 1280. The molecule has 6 nitrogen and oxygen atoms in total. The number of aryl methyl sites for hydroxylation is 1. The number of ether oxygens (including phenoxy) is 1. The molecule has 1 atom stereocenters. The van der Waals surface area contributed by atoms with E-state index in [0.717, 1.165) is 47.5 Å². The molecule has 1 aromatic heterocycles. The van der Waals surface area contributed by atoms with Crippen molar-refractivity contribution in [1.29, 1.82) is 0 Å². The predicted molar refractivity (Wildman–Crippen MR) is 126 cm³/mol. The fourth-order valence-electron chi connectivity index (χ4n) is 4.53. The van der Waals surface area contributed by atoms with Crippen LogP contribution in [0.4, 0.5) is 5.69 Å². The van der Waals surface area contributed by atoms with Gasteiger partial charge in [0.15, 0.2) is 0 Å². The van der Waals surface area contributed by atoms with E-state index in [-0.39, 0.29) is 33.7 Å². The third-order valence-corrected chi connectivity index (χ3v) is 7.41. The monoisotopic (exact) mass is 481 g/mol. The highest BCUT2D eigenvalue weighted by molar-refractivity contribution is 7.12. The molecule has 8 heteroatoms. The van der Waals surface area contributed by atoms with Crippen molar-refractivity contribution < 1.29 is 24.2 Å². The van der Waals surface area contributed by atoms with Crippen molar-refractivity contribution >= 4 is 46.4 Å². The van der Waals surface area contributed by atoms with Crippen LogP contribution in [0.3, 0.4) is 0 Å². The molecule has 5 rings (SSSR count). The lowest BCUT2D eigenvalue weighted by Gasteiger charge is -2.27. The topological polar surface area (TPSA) is 83.9 Å². The number of fused-ring (bicyclic) bond motifs is 2. The molecule has 1 N–H and O–H groups in total. The number of amides is 2. The van der Waals surface area contributed by atoms with E-state index in [9.17, 15) is 19.5 Å². The summed E-state index contributed by atoms with van der Waals surface area (Å²) in [5, 5.41) is 11.2. The SMILES string of the molecule is O=C(O)c1scc2c1C(=O)N(c1cc(OC3CCCCc4ccccc43)ccc1Cl)C(=O)C2. The van der Waals surface area contributed by atoms with Gasteiger partial charge in [-0.2, -0.15) is 0 Å². The summed E-state index contributed by atoms with van der Waals surface area (Å²) in [6.45, 7) is 0. The molecular weight excluding hydrogens is 462 g/mol. The molecule has 2 aromatic carbocycles. The van der Waals surface area contributed by atoms with Gasteiger partial charge in [0.05, 0.1) is 22.7 Å². The number of carboxylic acid groups (broad SMARTS) is 1. The van der Waals surface area contributed by atoms with Crippen LogP contribution in [-0.2, 0) is 17.6 Å². The normalized spacial score (nSPS) is 17.8. The van der Waals surface area contributed by atoms with Crippen LogP contribution in [-0.4, -0.2) is 22.9 Å². The highest BCUT2D eigenvalue weighted by atomic mass is 35.5. The fourth-order valence-corrected chi connectivity index (χ4v) is 5.63. The molecule has 2 heterocycles. The van der Waals surface area contributed by atoms with Gasteiger partial charge in [0, 0.05) is 6.07 Å². The summed E-state index contributed by atoms with van der Waals surface area (Å²) < 4.78 is 6.34. The molecule has 0 bridgehead atoms. The number of halogens is 1. The van der Waals surface area contributed by atoms with Crippen LogP contribution in [0.15, 0.2) is 47.8 Å². The summed E-state index contributed by atoms with van der Waals surface area (Å²) in [6.07, 6.45) is 3.77. The first-order valence-corrected chi connectivity index (χ1v) is 11.9. The van der Waals surface area contributed by atoms with E-state index in [1.165, 1.54) is 5.56 Å². The fraction of sp³-hybridized carbons (Fsp3) is 0.240. The summed E-state index contributed by atoms with van der Waals surface area (Å²) in [5.41, 5.74) is 3.08. The van der Waals surface area contributed by atoms with Gasteiger partial charge < -0.3 is 9.84 Å². The molecule has 3 aromatic rings. The molecule has 2 amide bonds. The smallest absolute Gasteiger partial charge is 0.346 e. The van der Waals surface area contributed by atoms with Gasteiger partial charge in [0.1, 0.15) is 16.7 Å². The van der Waals surface area contributed by atoms with Crippen LogP contribution >= 0.6 is 22.9 Å². The molecular formula is C25H20ClNO5S. The van der Waals surface area contributed by atoms with Crippen molar-refractivity contribution in [2.75, 3.05) is 4.90 Å². The van der Waals surface area contributed by atoms with Gasteiger partial charge >= 0.3 is 5.97 Å². The number of thiophene rings is 1. The van der Waals surface area contributed by atoms with E-state index in [4.69, 9.17) is 16.3 Å². The van der Waals surface area contributed by atoms with E-state index < -0.39 is 17.8 Å². The Kier molecular flexibility index (Phi) is 5.68. The van der Waals surface area contributed by atoms with E-state index in [1.54, 1.807) is 23.6 Å². The summed E-state index contributed by atoms with van der Waals surface area (Å²) in [6, 6.07) is 13.1. The summed E-state index contributed by atoms with van der Waals surface area (Å²) >= 11 is 7.34. The average Bonchev–Trinajstić information content (AvgIpc) is 3.12. The Morgan fingerprint density at radius 3 is 2.76 bits per heavy atom. The first kappa shape index (κ1) is 21.7. The highest BCUT2D eigenvalue weighted by Gasteiger charge is 2.38. The molecule has 0 saturated carbocycles. The maximum absolute atomic E-state index is 13.2. The Morgan fingerprint density at radius 2 is 1.94 bits per heavy atom. The van der Waals surface area contributed by atoms with Crippen LogP contribution in [0.5, 0.6) is 5.75 Å². The predicted octanol–water partition coefficient (Wildman–Crippen LogP) is 5.68. The molecule has 0 saturated heterocycles. The van der Waals surface area contributed by atoms with E-state index >= 15 is 0 Å². The Balaban J connectivity index is 1.50. The van der Waals surface area contributed by atoms with Gasteiger partial charge in [-0.25, -0.2) is 9.69 Å². The van der Waals surface area contributed by atoms with Crippen LogP contribution in [0, 0.1) is 0 Å². The van der Waals surface area contributed by atoms with E-state index in [1.807, 2.05) is 12.1 Å². The zero-order valence-electron chi connectivity index (χ0n) is 17.5. The van der Waals surface area contributed by atoms with Crippen molar-refractivity contribution in [3.05, 3.63) is 80.0 Å². The lowest BCUT2D eigenvalue weighted by Crippen LogP contribution is -2.42. The molecule has 33 heavy (non-hydrogen) atoms. The highest BCUT2D eigenvalue weighted by Crippen LogP contribution is 2.39. The Hall–Kier alpha value is -3.16. The number of aromatic carboxylic acids is 1. The molecule has 1 aliphatic carbocycles. The second kappa shape index (κ2) is 8.65. The maximum Gasteiger partial charge on any atom is 0.346 e. The minimum Gasteiger partial charge on any atom is -0.486 e. The van der Waals surface area contributed by atoms with Gasteiger partial charge in [0.2, 0.25) is 5.91 Å². The minimum absolute atomic E-state index is 0.0483. The molecule has 0 spiro atoms. The van der Waals surface area contributed by atoms with Crippen molar-refractivity contribution in [2.24, 2.45) is 0 Å². The lowest BCUT2D eigenvalue weighted by atomic mass is 10.00. The molecule has 1 aliphatic heterocycles. The molecule has 168 valence electrons. The minimum atomic E-state index is -1.20. The number of benzene rings is 2. The van der Waals surface area contributed by atoms with E-state index in [2.05, 4.69) is 12.1 Å². The van der Waals surface area contributed by atoms with Crippen LogP contribution in [0.25, 0.3) is 0 Å². The number of hydrogen-bond acceptors (Lipinski definition) is 5. The van der Waals surface area contributed by atoms with Crippen LogP contribution in [0.1, 0.15) is 62.1 Å². The van der Waals surface area contributed by atoms with Gasteiger partial charge in [-0.05, 0) is 59.9 Å². The third-order valence-electron chi connectivity index (χ3n) is 6.07. The average molecular weight is 482 g/mol. The number of carboxylic acids is 1. The largest absolute Gasteiger partial charge is 0.486 e. The maximum atomic E-state index is 13.2. The van der Waals surface area contributed by atoms with Gasteiger partial charge in [-0.3, -0.25) is 9.59 Å². The van der Waals surface area contributed by atoms with Crippen molar-refractivity contribution in [3.63, 3.8) is 0 Å². The number of nitrogens with zero attached hydrogens (tertiary/aromatic N) is 1. The summed E-state index contributed by atoms with van der Waals surface area (Å²) in [7, 11) is 0.